The van der Waals surface area contributed by atoms with Crippen LogP contribution in [0.2, 0.25) is 0 Å². The number of hydrogen-bond acceptors (Lipinski definition) is 4. The van der Waals surface area contributed by atoms with Crippen LogP contribution in [0.25, 0.3) is 0 Å². The third-order valence-electron chi connectivity index (χ3n) is 6.15. The van der Waals surface area contributed by atoms with Gasteiger partial charge in [-0.2, -0.15) is 0 Å². The van der Waals surface area contributed by atoms with Gasteiger partial charge in [0.15, 0.2) is 11.6 Å². The molecule has 1 saturated heterocycles. The first kappa shape index (κ1) is 23.9. The van der Waals surface area contributed by atoms with Gasteiger partial charge in [-0.05, 0) is 54.4 Å². The molecule has 2 N–H and O–H groups in total. The van der Waals surface area contributed by atoms with Crippen LogP contribution in [0.3, 0.4) is 0 Å². The van der Waals surface area contributed by atoms with Crippen LogP contribution in [-0.4, -0.2) is 43.5 Å². The van der Waals surface area contributed by atoms with Crippen molar-refractivity contribution in [1.29, 1.82) is 0 Å². The Morgan fingerprint density at radius 2 is 1.62 bits per heavy atom. The molecule has 1 aliphatic rings. The maximum atomic E-state index is 13.4. The molecule has 0 bridgehead atoms. The summed E-state index contributed by atoms with van der Waals surface area (Å²) in [7, 11) is 0. The van der Waals surface area contributed by atoms with Crippen molar-refractivity contribution >= 4 is 17.3 Å². The number of hydrogen-bond donors (Lipinski definition) is 2. The molecule has 1 atom stereocenters. The van der Waals surface area contributed by atoms with Crippen LogP contribution in [0.1, 0.15) is 24.1 Å². The minimum atomic E-state index is -0.895. The normalized spacial score (nSPS) is 15.2. The summed E-state index contributed by atoms with van der Waals surface area (Å²) in [4.78, 5) is 17.1. The standard InChI is InChI=1S/C27H30F2N4O/c1-20(22-7-12-25(28)26(29)17-22)30-18-27(34)31-23-8-10-24(11-9-23)33-15-13-32(14-16-33)19-21-5-3-2-4-6-21/h2-12,17,20,30H,13-16,18-19H2,1H3,(H,31,34)/t20-/m0/s1. The monoisotopic (exact) mass is 464 g/mol. The van der Waals surface area contributed by atoms with Crippen molar-refractivity contribution in [3.63, 3.8) is 0 Å². The summed E-state index contributed by atoms with van der Waals surface area (Å²) in [5.74, 6) is -1.98. The zero-order chi connectivity index (χ0) is 23.9. The quantitative estimate of drug-likeness (QED) is 0.513. The van der Waals surface area contributed by atoms with Gasteiger partial charge in [0.1, 0.15) is 0 Å². The van der Waals surface area contributed by atoms with Crippen LogP contribution in [0.15, 0.2) is 72.8 Å². The zero-order valence-corrected chi connectivity index (χ0v) is 19.3. The topological polar surface area (TPSA) is 47.6 Å². The van der Waals surface area contributed by atoms with Crippen molar-refractivity contribution in [1.82, 2.24) is 10.2 Å². The van der Waals surface area contributed by atoms with Gasteiger partial charge in [0, 0.05) is 50.1 Å². The maximum Gasteiger partial charge on any atom is 0.238 e. The van der Waals surface area contributed by atoms with E-state index >= 15 is 0 Å². The van der Waals surface area contributed by atoms with Gasteiger partial charge in [0.2, 0.25) is 5.91 Å². The van der Waals surface area contributed by atoms with Gasteiger partial charge in [0.25, 0.3) is 0 Å². The van der Waals surface area contributed by atoms with Crippen LogP contribution >= 0.6 is 0 Å². The molecule has 0 aliphatic carbocycles. The lowest BCUT2D eigenvalue weighted by Gasteiger charge is -2.36. The first-order valence-corrected chi connectivity index (χ1v) is 11.6. The number of piperazine rings is 1. The summed E-state index contributed by atoms with van der Waals surface area (Å²) in [6, 6.07) is 21.8. The molecule has 0 spiro atoms. The van der Waals surface area contributed by atoms with Crippen molar-refractivity contribution in [2.75, 3.05) is 42.9 Å². The summed E-state index contributed by atoms with van der Waals surface area (Å²) in [5.41, 5.74) is 3.78. The summed E-state index contributed by atoms with van der Waals surface area (Å²) in [5, 5.41) is 5.91. The molecule has 0 aromatic heterocycles. The van der Waals surface area contributed by atoms with Gasteiger partial charge in [-0.25, -0.2) is 8.78 Å². The number of halogens is 2. The van der Waals surface area contributed by atoms with E-state index in [0.717, 1.165) is 56.2 Å². The number of carbonyl (C=O) groups excluding carboxylic acids is 1. The minimum absolute atomic E-state index is 0.0608. The lowest BCUT2D eigenvalue weighted by molar-refractivity contribution is -0.115. The molecule has 3 aromatic rings. The molecule has 1 heterocycles. The number of benzene rings is 3. The first-order valence-electron chi connectivity index (χ1n) is 11.6. The van der Waals surface area contributed by atoms with Gasteiger partial charge in [-0.3, -0.25) is 9.69 Å². The van der Waals surface area contributed by atoms with E-state index in [-0.39, 0.29) is 18.5 Å². The Morgan fingerprint density at radius 3 is 2.29 bits per heavy atom. The number of anilines is 2. The van der Waals surface area contributed by atoms with Crippen LogP contribution in [0.4, 0.5) is 20.2 Å². The highest BCUT2D eigenvalue weighted by Gasteiger charge is 2.17. The molecule has 1 aliphatic heterocycles. The zero-order valence-electron chi connectivity index (χ0n) is 19.3. The number of nitrogens with zero attached hydrogens (tertiary/aromatic N) is 2. The molecule has 1 amide bonds. The summed E-state index contributed by atoms with van der Waals surface area (Å²) >= 11 is 0. The predicted octanol–water partition coefficient (Wildman–Crippen LogP) is 4.58. The largest absolute Gasteiger partial charge is 0.369 e. The van der Waals surface area contributed by atoms with Gasteiger partial charge >= 0.3 is 0 Å². The summed E-state index contributed by atoms with van der Waals surface area (Å²) in [6.45, 7) is 6.78. The molecule has 34 heavy (non-hydrogen) atoms. The van der Waals surface area contributed by atoms with E-state index < -0.39 is 11.6 Å². The van der Waals surface area contributed by atoms with E-state index in [9.17, 15) is 13.6 Å². The molecule has 0 radical (unpaired) electrons. The highest BCUT2D eigenvalue weighted by molar-refractivity contribution is 5.92. The Morgan fingerprint density at radius 1 is 0.912 bits per heavy atom. The molecular formula is C27H30F2N4O. The van der Waals surface area contributed by atoms with E-state index in [4.69, 9.17) is 0 Å². The minimum Gasteiger partial charge on any atom is -0.369 e. The maximum absolute atomic E-state index is 13.4. The second-order valence-electron chi connectivity index (χ2n) is 8.62. The highest BCUT2D eigenvalue weighted by Crippen LogP contribution is 2.20. The number of amides is 1. The number of nitrogens with one attached hydrogen (secondary N) is 2. The van der Waals surface area contributed by atoms with E-state index in [2.05, 4.69) is 44.7 Å². The van der Waals surface area contributed by atoms with Crippen LogP contribution in [-0.2, 0) is 11.3 Å². The number of carbonyl (C=O) groups is 1. The van der Waals surface area contributed by atoms with Crippen LogP contribution < -0.4 is 15.5 Å². The van der Waals surface area contributed by atoms with Gasteiger partial charge in [0.05, 0.1) is 6.54 Å². The predicted molar refractivity (Wildman–Crippen MR) is 132 cm³/mol. The third-order valence-corrected chi connectivity index (χ3v) is 6.15. The highest BCUT2D eigenvalue weighted by atomic mass is 19.2. The van der Waals surface area contributed by atoms with Gasteiger partial charge in [-0.1, -0.05) is 36.4 Å². The Bertz CT molecular complexity index is 1080. The fourth-order valence-electron chi connectivity index (χ4n) is 4.11. The Kier molecular flexibility index (Phi) is 7.87. The first-order chi connectivity index (χ1) is 16.5. The van der Waals surface area contributed by atoms with Crippen molar-refractivity contribution in [2.45, 2.75) is 19.5 Å². The van der Waals surface area contributed by atoms with Crippen molar-refractivity contribution in [3.05, 3.63) is 95.6 Å². The molecule has 4 rings (SSSR count). The van der Waals surface area contributed by atoms with Crippen LogP contribution in [0, 0.1) is 11.6 Å². The fraction of sp³-hybridized carbons (Fsp3) is 0.296. The Balaban J connectivity index is 1.22. The molecule has 5 nitrogen and oxygen atoms in total. The van der Waals surface area contributed by atoms with Crippen molar-refractivity contribution in [2.24, 2.45) is 0 Å². The molecule has 178 valence electrons. The van der Waals surface area contributed by atoms with Crippen molar-refractivity contribution in [3.8, 4) is 0 Å². The van der Waals surface area contributed by atoms with Crippen molar-refractivity contribution < 1.29 is 13.6 Å². The van der Waals surface area contributed by atoms with Gasteiger partial charge in [-0.15, -0.1) is 0 Å². The second-order valence-corrected chi connectivity index (χ2v) is 8.62. The molecule has 3 aromatic carbocycles. The summed E-state index contributed by atoms with van der Waals surface area (Å²) in [6.07, 6.45) is 0. The van der Waals surface area contributed by atoms with Crippen LogP contribution in [0.5, 0.6) is 0 Å². The molecule has 0 saturated carbocycles. The van der Waals surface area contributed by atoms with E-state index in [0.29, 0.717) is 5.56 Å². The lowest BCUT2D eigenvalue weighted by atomic mass is 10.1. The summed E-state index contributed by atoms with van der Waals surface area (Å²) < 4.78 is 26.5. The Labute approximate surface area is 199 Å². The molecule has 1 fully saturated rings. The van der Waals surface area contributed by atoms with E-state index in [1.807, 2.05) is 30.3 Å². The Hall–Kier alpha value is -3.29. The smallest absolute Gasteiger partial charge is 0.238 e. The third kappa shape index (κ3) is 6.40. The van der Waals surface area contributed by atoms with E-state index in [1.54, 1.807) is 6.92 Å². The lowest BCUT2D eigenvalue weighted by Crippen LogP contribution is -2.45. The average molecular weight is 465 g/mol. The average Bonchev–Trinajstić information content (AvgIpc) is 2.86. The molecule has 0 unspecified atom stereocenters. The second kappa shape index (κ2) is 11.2. The van der Waals surface area contributed by atoms with E-state index in [1.165, 1.54) is 11.6 Å². The molecule has 7 heteroatoms. The molecular weight excluding hydrogens is 434 g/mol. The van der Waals surface area contributed by atoms with Gasteiger partial charge < -0.3 is 15.5 Å². The SMILES string of the molecule is C[C@H](NCC(=O)Nc1ccc(N2CCN(Cc3ccccc3)CC2)cc1)c1ccc(F)c(F)c1. The fourth-order valence-corrected chi connectivity index (χ4v) is 4.11. The number of rotatable bonds is 8.